The van der Waals surface area contributed by atoms with Crippen molar-refractivity contribution in [2.24, 2.45) is 0 Å². The van der Waals surface area contributed by atoms with Crippen molar-refractivity contribution in [3.8, 4) is 0 Å². The Morgan fingerprint density at radius 3 is 2.89 bits per heavy atom. The van der Waals surface area contributed by atoms with Crippen molar-refractivity contribution in [2.45, 2.75) is 25.4 Å². The lowest BCUT2D eigenvalue weighted by Crippen LogP contribution is -2.37. The molecule has 2 rings (SSSR count). The van der Waals surface area contributed by atoms with E-state index in [1.807, 2.05) is 13.1 Å². The van der Waals surface area contributed by atoms with E-state index in [9.17, 15) is 4.39 Å². The Kier molecular flexibility index (Phi) is 4.77. The van der Waals surface area contributed by atoms with Crippen molar-refractivity contribution in [1.82, 2.24) is 10.2 Å². The van der Waals surface area contributed by atoms with Gasteiger partial charge in [0.25, 0.3) is 0 Å². The molecule has 1 N–H and O–H groups in total. The second kappa shape index (κ2) is 6.35. The van der Waals surface area contributed by atoms with Crippen LogP contribution in [0.3, 0.4) is 0 Å². The molecule has 19 heavy (non-hydrogen) atoms. The molecule has 4 heteroatoms. The van der Waals surface area contributed by atoms with Crippen molar-refractivity contribution >= 4 is 5.69 Å². The summed E-state index contributed by atoms with van der Waals surface area (Å²) in [6.07, 6.45) is 2.53. The predicted molar refractivity (Wildman–Crippen MR) is 78.1 cm³/mol. The van der Waals surface area contributed by atoms with Crippen molar-refractivity contribution < 1.29 is 4.39 Å². The van der Waals surface area contributed by atoms with Gasteiger partial charge in [-0.2, -0.15) is 0 Å². The van der Waals surface area contributed by atoms with E-state index in [1.54, 1.807) is 12.1 Å². The lowest BCUT2D eigenvalue weighted by Gasteiger charge is -2.29. The van der Waals surface area contributed by atoms with Crippen LogP contribution in [0.4, 0.5) is 10.1 Å². The summed E-state index contributed by atoms with van der Waals surface area (Å²) < 4.78 is 13.3. The largest absolute Gasteiger partial charge is 0.373 e. The van der Waals surface area contributed by atoms with Crippen molar-refractivity contribution in [2.75, 3.05) is 39.1 Å². The molecule has 1 saturated heterocycles. The zero-order chi connectivity index (χ0) is 13.8. The Bertz CT molecular complexity index is 422. The zero-order valence-corrected chi connectivity index (χ0v) is 12.1. The SMILES string of the molecule is CNCc1cc(F)ccc1N(C)CC1CCCN1C. The molecule has 1 aromatic rings. The number of nitrogens with zero attached hydrogens (tertiary/aromatic N) is 2. The molecule has 0 amide bonds. The summed E-state index contributed by atoms with van der Waals surface area (Å²) in [6, 6.07) is 5.67. The first-order valence-electron chi connectivity index (χ1n) is 6.96. The van der Waals surface area contributed by atoms with E-state index in [4.69, 9.17) is 0 Å². The number of likely N-dealkylation sites (tertiary alicyclic amines) is 1. The summed E-state index contributed by atoms with van der Waals surface area (Å²) in [5.41, 5.74) is 2.14. The lowest BCUT2D eigenvalue weighted by molar-refractivity contribution is 0.314. The second-order valence-electron chi connectivity index (χ2n) is 5.46. The third-order valence-corrected chi connectivity index (χ3v) is 3.98. The predicted octanol–water partition coefficient (Wildman–Crippen LogP) is 2.08. The number of benzene rings is 1. The van der Waals surface area contributed by atoms with Gasteiger partial charge in [-0.15, -0.1) is 0 Å². The second-order valence-corrected chi connectivity index (χ2v) is 5.46. The van der Waals surface area contributed by atoms with Crippen LogP contribution in [0.5, 0.6) is 0 Å². The molecule has 1 aliphatic heterocycles. The van der Waals surface area contributed by atoms with E-state index < -0.39 is 0 Å². The maximum Gasteiger partial charge on any atom is 0.123 e. The van der Waals surface area contributed by atoms with Crippen molar-refractivity contribution in [1.29, 1.82) is 0 Å². The zero-order valence-electron chi connectivity index (χ0n) is 12.1. The number of hydrogen-bond donors (Lipinski definition) is 1. The number of anilines is 1. The molecule has 1 heterocycles. The summed E-state index contributed by atoms with van der Waals surface area (Å²) >= 11 is 0. The highest BCUT2D eigenvalue weighted by atomic mass is 19.1. The van der Waals surface area contributed by atoms with Gasteiger partial charge in [-0.25, -0.2) is 4.39 Å². The number of rotatable bonds is 5. The van der Waals surface area contributed by atoms with Gasteiger partial charge in [0.1, 0.15) is 5.82 Å². The molecular formula is C15H24FN3. The minimum atomic E-state index is -0.166. The molecule has 106 valence electrons. The van der Waals surface area contributed by atoms with Crippen LogP contribution in [0.1, 0.15) is 18.4 Å². The normalized spacial score (nSPS) is 19.9. The summed E-state index contributed by atoms with van der Waals surface area (Å²) in [5.74, 6) is -0.166. The van der Waals surface area contributed by atoms with E-state index in [0.29, 0.717) is 12.6 Å². The van der Waals surface area contributed by atoms with Crippen LogP contribution in [0, 0.1) is 5.82 Å². The fourth-order valence-electron chi connectivity index (χ4n) is 2.88. The molecule has 0 aromatic heterocycles. The van der Waals surface area contributed by atoms with E-state index in [1.165, 1.54) is 19.4 Å². The van der Waals surface area contributed by atoms with E-state index in [2.05, 4.69) is 29.2 Å². The average molecular weight is 265 g/mol. The fraction of sp³-hybridized carbons (Fsp3) is 0.600. The van der Waals surface area contributed by atoms with Crippen LogP contribution >= 0.6 is 0 Å². The molecule has 0 aliphatic carbocycles. The van der Waals surface area contributed by atoms with Crippen molar-refractivity contribution in [3.05, 3.63) is 29.6 Å². The minimum Gasteiger partial charge on any atom is -0.373 e. The Morgan fingerprint density at radius 2 is 2.26 bits per heavy atom. The Balaban J connectivity index is 2.11. The summed E-state index contributed by atoms with van der Waals surface area (Å²) in [4.78, 5) is 4.66. The van der Waals surface area contributed by atoms with Crippen molar-refractivity contribution in [3.63, 3.8) is 0 Å². The first-order chi connectivity index (χ1) is 9.11. The van der Waals surface area contributed by atoms with E-state index in [0.717, 1.165) is 17.8 Å². The van der Waals surface area contributed by atoms with Crippen LogP contribution in [0.25, 0.3) is 0 Å². The maximum absolute atomic E-state index is 13.3. The highest BCUT2D eigenvalue weighted by Crippen LogP contribution is 2.23. The lowest BCUT2D eigenvalue weighted by atomic mass is 10.1. The summed E-state index contributed by atoms with van der Waals surface area (Å²) in [6.45, 7) is 2.88. The van der Waals surface area contributed by atoms with Crippen LogP contribution in [-0.4, -0.2) is 45.2 Å². The monoisotopic (exact) mass is 265 g/mol. The summed E-state index contributed by atoms with van der Waals surface area (Å²) in [5, 5.41) is 3.11. The molecular weight excluding hydrogens is 241 g/mol. The first-order valence-corrected chi connectivity index (χ1v) is 6.96. The molecule has 0 saturated carbocycles. The highest BCUT2D eigenvalue weighted by Gasteiger charge is 2.22. The highest BCUT2D eigenvalue weighted by molar-refractivity contribution is 5.53. The third kappa shape index (κ3) is 3.45. The van der Waals surface area contributed by atoms with Gasteiger partial charge in [-0.1, -0.05) is 0 Å². The smallest absolute Gasteiger partial charge is 0.123 e. The number of halogens is 1. The van der Waals surface area contributed by atoms with Crippen LogP contribution in [-0.2, 0) is 6.54 Å². The fourth-order valence-corrected chi connectivity index (χ4v) is 2.88. The van der Waals surface area contributed by atoms with E-state index in [-0.39, 0.29) is 5.82 Å². The Labute approximate surface area is 115 Å². The number of nitrogens with one attached hydrogen (secondary N) is 1. The molecule has 1 fully saturated rings. The van der Waals surface area contributed by atoms with Gasteiger partial charge < -0.3 is 15.1 Å². The maximum atomic E-state index is 13.3. The standard InChI is InChI=1S/C15H24FN3/c1-17-10-12-9-13(16)6-7-15(12)19(3)11-14-5-4-8-18(14)2/h6-7,9,14,17H,4-5,8,10-11H2,1-3H3. The van der Waals surface area contributed by atoms with Gasteiger partial charge in [0.15, 0.2) is 0 Å². The van der Waals surface area contributed by atoms with Gasteiger partial charge >= 0.3 is 0 Å². The molecule has 0 spiro atoms. The van der Waals surface area contributed by atoms with Crippen LogP contribution < -0.4 is 10.2 Å². The minimum absolute atomic E-state index is 0.166. The molecule has 1 aliphatic rings. The Hall–Kier alpha value is -1.13. The average Bonchev–Trinajstić information content (AvgIpc) is 2.75. The first kappa shape index (κ1) is 14.3. The quantitative estimate of drug-likeness (QED) is 0.879. The number of likely N-dealkylation sites (N-methyl/N-ethyl adjacent to an activating group) is 2. The topological polar surface area (TPSA) is 18.5 Å². The van der Waals surface area contributed by atoms with Crippen LogP contribution in [0.2, 0.25) is 0 Å². The molecule has 0 radical (unpaired) electrons. The molecule has 1 unspecified atom stereocenters. The number of hydrogen-bond acceptors (Lipinski definition) is 3. The molecule has 1 aromatic carbocycles. The third-order valence-electron chi connectivity index (χ3n) is 3.98. The van der Waals surface area contributed by atoms with Gasteiger partial charge in [0.05, 0.1) is 0 Å². The van der Waals surface area contributed by atoms with Gasteiger partial charge in [0, 0.05) is 31.9 Å². The van der Waals surface area contributed by atoms with Gasteiger partial charge in [0.2, 0.25) is 0 Å². The van der Waals surface area contributed by atoms with Crippen LogP contribution in [0.15, 0.2) is 18.2 Å². The Morgan fingerprint density at radius 1 is 1.47 bits per heavy atom. The van der Waals surface area contributed by atoms with Gasteiger partial charge in [-0.3, -0.25) is 0 Å². The molecule has 1 atom stereocenters. The van der Waals surface area contributed by atoms with E-state index >= 15 is 0 Å². The summed E-state index contributed by atoms with van der Waals surface area (Å²) in [7, 11) is 6.17. The van der Waals surface area contributed by atoms with Gasteiger partial charge in [-0.05, 0) is 57.2 Å². The molecule has 3 nitrogen and oxygen atoms in total. The molecule has 0 bridgehead atoms.